The molecule has 0 aliphatic carbocycles. The molecule has 1 atom stereocenters. The lowest BCUT2D eigenvalue weighted by Crippen LogP contribution is -2.61. The Morgan fingerprint density at radius 1 is 0.913 bits per heavy atom. The first-order valence-corrected chi connectivity index (χ1v) is 6.75. The third-order valence-corrected chi connectivity index (χ3v) is 4.21. The Bertz CT molecular complexity index is 733. The molecule has 9 heteroatoms. The Morgan fingerprint density at radius 3 is 1.83 bits per heavy atom. The third-order valence-electron chi connectivity index (χ3n) is 4.21. The molecule has 0 unspecified atom stereocenters. The lowest BCUT2D eigenvalue weighted by atomic mass is 9.89. The van der Waals surface area contributed by atoms with Crippen LogP contribution in [0.25, 0.3) is 0 Å². The minimum atomic E-state index is -2.18. The van der Waals surface area contributed by atoms with Crippen molar-refractivity contribution in [1.29, 1.82) is 0 Å². The van der Waals surface area contributed by atoms with Crippen molar-refractivity contribution in [3.63, 3.8) is 0 Å². The van der Waals surface area contributed by atoms with Crippen LogP contribution in [0, 0.1) is 23.3 Å². The highest BCUT2D eigenvalue weighted by atomic mass is 19.2. The van der Waals surface area contributed by atoms with Gasteiger partial charge in [-0.2, -0.15) is 0 Å². The van der Waals surface area contributed by atoms with Gasteiger partial charge in [0, 0.05) is 6.54 Å². The maximum atomic E-state index is 13.8. The van der Waals surface area contributed by atoms with E-state index in [-0.39, 0.29) is 6.42 Å². The van der Waals surface area contributed by atoms with E-state index >= 15 is 0 Å². The predicted molar refractivity (Wildman–Crippen MR) is 67.4 cm³/mol. The lowest BCUT2D eigenvalue weighted by molar-refractivity contribution is -0.132. The molecule has 3 amide bonds. The van der Waals surface area contributed by atoms with Crippen molar-refractivity contribution in [3.8, 4) is 0 Å². The number of hydrogen-bond acceptors (Lipinski definition) is 3. The standard InChI is InChI=1S/C14H10F4N2O3/c1-14(3-2-4-19-13(14)23)20-11(21)5-6(12(20)22)8(16)10(18)9(17)7(5)15/h2-4H2,1H3,(H,19,23)/t14-/m0/s1. The van der Waals surface area contributed by atoms with Crippen molar-refractivity contribution < 1.29 is 31.9 Å². The summed E-state index contributed by atoms with van der Waals surface area (Å²) >= 11 is 0. The van der Waals surface area contributed by atoms with Crippen molar-refractivity contribution in [3.05, 3.63) is 34.4 Å². The molecule has 0 spiro atoms. The van der Waals surface area contributed by atoms with Crippen LogP contribution in [-0.4, -0.2) is 34.7 Å². The van der Waals surface area contributed by atoms with Gasteiger partial charge in [-0.25, -0.2) is 17.6 Å². The summed E-state index contributed by atoms with van der Waals surface area (Å²) in [6, 6.07) is 0. The van der Waals surface area contributed by atoms with Gasteiger partial charge in [-0.1, -0.05) is 0 Å². The zero-order valence-corrected chi connectivity index (χ0v) is 11.8. The highest BCUT2D eigenvalue weighted by Gasteiger charge is 2.54. The molecule has 2 heterocycles. The van der Waals surface area contributed by atoms with E-state index < -0.39 is 57.7 Å². The lowest BCUT2D eigenvalue weighted by Gasteiger charge is -2.38. The Labute approximate surface area is 127 Å². The molecule has 0 saturated carbocycles. The number of carbonyl (C=O) groups is 3. The maximum absolute atomic E-state index is 13.8. The van der Waals surface area contributed by atoms with Crippen molar-refractivity contribution >= 4 is 17.7 Å². The number of carbonyl (C=O) groups excluding carboxylic acids is 3. The van der Waals surface area contributed by atoms with Gasteiger partial charge in [-0.15, -0.1) is 0 Å². The van der Waals surface area contributed by atoms with Gasteiger partial charge in [0.1, 0.15) is 5.54 Å². The topological polar surface area (TPSA) is 66.5 Å². The van der Waals surface area contributed by atoms with E-state index in [1.54, 1.807) is 0 Å². The van der Waals surface area contributed by atoms with E-state index in [0.29, 0.717) is 17.9 Å². The summed E-state index contributed by atoms with van der Waals surface area (Å²) < 4.78 is 54.4. The molecule has 3 rings (SSSR count). The van der Waals surface area contributed by atoms with E-state index in [9.17, 15) is 31.9 Å². The predicted octanol–water partition coefficient (Wildman–Crippen LogP) is 1.51. The van der Waals surface area contributed by atoms with Crippen LogP contribution in [0.15, 0.2) is 0 Å². The van der Waals surface area contributed by atoms with Gasteiger partial charge in [0.2, 0.25) is 5.91 Å². The van der Waals surface area contributed by atoms with E-state index in [1.165, 1.54) is 6.92 Å². The summed E-state index contributed by atoms with van der Waals surface area (Å²) in [7, 11) is 0. The van der Waals surface area contributed by atoms with Crippen LogP contribution in [-0.2, 0) is 4.79 Å². The Kier molecular flexibility index (Phi) is 3.20. The first kappa shape index (κ1) is 15.4. The first-order chi connectivity index (χ1) is 10.7. The van der Waals surface area contributed by atoms with Crippen LogP contribution in [0.2, 0.25) is 0 Å². The largest absolute Gasteiger partial charge is 0.354 e. The number of fused-ring (bicyclic) bond motifs is 1. The fourth-order valence-electron chi connectivity index (χ4n) is 2.95. The average molecular weight is 330 g/mol. The summed E-state index contributed by atoms with van der Waals surface area (Å²) in [6.07, 6.45) is 0.488. The van der Waals surface area contributed by atoms with Gasteiger partial charge in [-0.3, -0.25) is 19.3 Å². The fraction of sp³-hybridized carbons (Fsp3) is 0.357. The molecular weight excluding hydrogens is 320 g/mol. The van der Waals surface area contributed by atoms with E-state index in [1.807, 2.05) is 0 Å². The summed E-state index contributed by atoms with van der Waals surface area (Å²) in [6.45, 7) is 1.58. The quantitative estimate of drug-likeness (QED) is 0.367. The molecule has 5 nitrogen and oxygen atoms in total. The second-order valence-corrected chi connectivity index (χ2v) is 5.58. The number of amides is 3. The van der Waals surface area contributed by atoms with Gasteiger partial charge >= 0.3 is 0 Å². The van der Waals surface area contributed by atoms with Crippen LogP contribution in [0.1, 0.15) is 40.5 Å². The van der Waals surface area contributed by atoms with Crippen molar-refractivity contribution in [2.75, 3.05) is 6.54 Å². The maximum Gasteiger partial charge on any atom is 0.265 e. The molecule has 0 radical (unpaired) electrons. The first-order valence-electron chi connectivity index (χ1n) is 6.75. The van der Waals surface area contributed by atoms with Crippen molar-refractivity contribution in [2.24, 2.45) is 0 Å². The highest BCUT2D eigenvalue weighted by Crippen LogP contribution is 2.37. The number of piperidine rings is 1. The molecule has 2 aliphatic heterocycles. The van der Waals surface area contributed by atoms with Crippen LogP contribution >= 0.6 is 0 Å². The number of nitrogens with zero attached hydrogens (tertiary/aromatic N) is 1. The molecule has 1 N–H and O–H groups in total. The van der Waals surface area contributed by atoms with Gasteiger partial charge in [0.15, 0.2) is 23.3 Å². The molecule has 1 aromatic rings. The van der Waals surface area contributed by atoms with Crippen molar-refractivity contribution in [2.45, 2.75) is 25.3 Å². The summed E-state index contributed by atoms with van der Waals surface area (Å²) in [4.78, 5) is 37.1. The molecule has 1 fully saturated rings. The molecule has 1 aromatic carbocycles. The van der Waals surface area contributed by atoms with Gasteiger partial charge in [0.05, 0.1) is 11.1 Å². The van der Waals surface area contributed by atoms with Crippen LogP contribution in [0.3, 0.4) is 0 Å². The normalized spacial score (nSPS) is 24.0. The minimum absolute atomic E-state index is 0.0680. The number of benzene rings is 1. The number of nitrogens with one attached hydrogen (secondary N) is 1. The number of imide groups is 1. The number of rotatable bonds is 1. The van der Waals surface area contributed by atoms with Crippen LogP contribution in [0.5, 0.6) is 0 Å². The number of hydrogen-bond donors (Lipinski definition) is 1. The molecule has 2 aliphatic rings. The summed E-state index contributed by atoms with van der Waals surface area (Å²) in [5.41, 5.74) is -4.06. The van der Waals surface area contributed by atoms with Crippen LogP contribution in [0.4, 0.5) is 17.6 Å². The van der Waals surface area contributed by atoms with Gasteiger partial charge < -0.3 is 5.32 Å². The second-order valence-electron chi connectivity index (χ2n) is 5.58. The zero-order valence-electron chi connectivity index (χ0n) is 11.8. The van der Waals surface area contributed by atoms with E-state index in [2.05, 4.69) is 5.32 Å². The summed E-state index contributed by atoms with van der Waals surface area (Å²) in [5, 5.41) is 2.45. The number of halogens is 4. The Balaban J connectivity index is 2.21. The highest BCUT2D eigenvalue weighted by molar-refractivity contribution is 6.23. The average Bonchev–Trinajstić information content (AvgIpc) is 2.77. The molecule has 0 aromatic heterocycles. The van der Waals surface area contributed by atoms with Gasteiger partial charge in [0.25, 0.3) is 11.8 Å². The van der Waals surface area contributed by atoms with E-state index in [0.717, 1.165) is 0 Å². The summed E-state index contributed by atoms with van der Waals surface area (Å²) in [5.74, 6) is -11.6. The minimum Gasteiger partial charge on any atom is -0.354 e. The molecule has 0 bridgehead atoms. The molecule has 1 saturated heterocycles. The Morgan fingerprint density at radius 2 is 1.39 bits per heavy atom. The Hall–Kier alpha value is -2.45. The smallest absolute Gasteiger partial charge is 0.265 e. The third kappa shape index (κ3) is 1.82. The van der Waals surface area contributed by atoms with Gasteiger partial charge in [-0.05, 0) is 19.8 Å². The molecular formula is C14H10F4N2O3. The second kappa shape index (κ2) is 4.77. The monoisotopic (exact) mass is 330 g/mol. The van der Waals surface area contributed by atoms with E-state index in [4.69, 9.17) is 0 Å². The molecule has 23 heavy (non-hydrogen) atoms. The zero-order chi connectivity index (χ0) is 17.1. The fourth-order valence-corrected chi connectivity index (χ4v) is 2.95. The SMILES string of the molecule is C[C@]1(N2C(=O)c3c(F)c(F)c(F)c(F)c3C2=O)CCCNC1=O. The molecule has 122 valence electrons. The van der Waals surface area contributed by atoms with Crippen LogP contribution < -0.4 is 5.32 Å². The van der Waals surface area contributed by atoms with Crippen molar-refractivity contribution in [1.82, 2.24) is 10.2 Å².